The van der Waals surface area contributed by atoms with E-state index >= 15 is 0 Å². The van der Waals surface area contributed by atoms with E-state index in [-0.39, 0.29) is 5.82 Å². The summed E-state index contributed by atoms with van der Waals surface area (Å²) in [5.41, 5.74) is 3.85. The molecule has 1 saturated heterocycles. The number of rotatable bonds is 6. The van der Waals surface area contributed by atoms with E-state index in [2.05, 4.69) is 71.3 Å². The number of hydrogen-bond donors (Lipinski definition) is 2. The maximum atomic E-state index is 13.0. The topological polar surface area (TPSA) is 24.1 Å². The molecule has 3 heteroatoms. The molecule has 0 aromatic heterocycles. The minimum absolute atomic E-state index is 0.182. The van der Waals surface area contributed by atoms with Gasteiger partial charge < -0.3 is 10.6 Å². The zero-order valence-electron chi connectivity index (χ0n) is 16.0. The Morgan fingerprint density at radius 1 is 0.821 bits per heavy atom. The van der Waals surface area contributed by atoms with Crippen molar-refractivity contribution in [3.05, 3.63) is 107 Å². The minimum atomic E-state index is -0.182. The number of benzene rings is 3. The first-order valence-corrected chi connectivity index (χ1v) is 10.1. The fourth-order valence-electron chi connectivity index (χ4n) is 4.18. The van der Waals surface area contributed by atoms with Gasteiger partial charge in [0.05, 0.1) is 0 Å². The second-order valence-corrected chi connectivity index (χ2v) is 7.60. The summed E-state index contributed by atoms with van der Waals surface area (Å²) < 4.78 is 13.0. The highest BCUT2D eigenvalue weighted by Crippen LogP contribution is 2.31. The molecule has 2 atom stereocenters. The molecule has 2 nitrogen and oxygen atoms in total. The van der Waals surface area contributed by atoms with E-state index in [0.29, 0.717) is 18.0 Å². The summed E-state index contributed by atoms with van der Waals surface area (Å²) in [6, 6.07) is 29.2. The number of nitrogens with one attached hydrogen (secondary N) is 2. The van der Waals surface area contributed by atoms with Crippen LogP contribution >= 0.6 is 0 Å². The zero-order valence-corrected chi connectivity index (χ0v) is 16.0. The molecule has 1 fully saturated rings. The Morgan fingerprint density at radius 2 is 1.43 bits per heavy atom. The zero-order chi connectivity index (χ0) is 19.2. The van der Waals surface area contributed by atoms with Crippen LogP contribution in [0.5, 0.6) is 0 Å². The molecule has 1 aliphatic rings. The first kappa shape index (κ1) is 18.9. The van der Waals surface area contributed by atoms with Crippen LogP contribution in [-0.2, 0) is 6.54 Å². The lowest BCUT2D eigenvalue weighted by Crippen LogP contribution is -2.49. The van der Waals surface area contributed by atoms with Crippen LogP contribution in [0.2, 0.25) is 0 Å². The molecular weight excluding hydrogens is 347 g/mol. The second-order valence-electron chi connectivity index (χ2n) is 7.60. The van der Waals surface area contributed by atoms with Crippen LogP contribution in [0.4, 0.5) is 4.39 Å². The molecule has 0 radical (unpaired) electrons. The molecule has 0 spiro atoms. The smallest absolute Gasteiger partial charge is 0.123 e. The highest BCUT2D eigenvalue weighted by atomic mass is 19.1. The van der Waals surface area contributed by atoms with Crippen LogP contribution in [0.1, 0.15) is 35.4 Å². The lowest BCUT2D eigenvalue weighted by molar-refractivity contribution is 0.307. The molecule has 0 amide bonds. The summed E-state index contributed by atoms with van der Waals surface area (Å²) >= 11 is 0. The average molecular weight is 375 g/mol. The Morgan fingerprint density at radius 3 is 1.96 bits per heavy atom. The Balaban J connectivity index is 1.40. The van der Waals surface area contributed by atoms with E-state index in [0.717, 1.165) is 31.5 Å². The van der Waals surface area contributed by atoms with Gasteiger partial charge in [0.15, 0.2) is 0 Å². The van der Waals surface area contributed by atoms with E-state index < -0.39 is 0 Å². The normalized spacial score (nSPS) is 19.6. The number of hydrogen-bond acceptors (Lipinski definition) is 2. The monoisotopic (exact) mass is 374 g/mol. The number of halogens is 1. The first-order chi connectivity index (χ1) is 13.8. The van der Waals surface area contributed by atoms with Gasteiger partial charge in [-0.2, -0.15) is 0 Å². The van der Waals surface area contributed by atoms with Gasteiger partial charge in [-0.3, -0.25) is 0 Å². The lowest BCUT2D eigenvalue weighted by atomic mass is 9.81. The predicted molar refractivity (Wildman–Crippen MR) is 113 cm³/mol. The molecule has 0 aliphatic carbocycles. The van der Waals surface area contributed by atoms with E-state index in [4.69, 9.17) is 0 Å². The van der Waals surface area contributed by atoms with E-state index in [9.17, 15) is 4.39 Å². The number of piperidine rings is 1. The van der Waals surface area contributed by atoms with Crippen molar-refractivity contribution < 1.29 is 4.39 Å². The van der Waals surface area contributed by atoms with Gasteiger partial charge in [0.1, 0.15) is 5.82 Å². The van der Waals surface area contributed by atoms with Crippen molar-refractivity contribution >= 4 is 0 Å². The van der Waals surface area contributed by atoms with Crippen molar-refractivity contribution in [1.29, 1.82) is 0 Å². The summed E-state index contributed by atoms with van der Waals surface area (Å²) in [4.78, 5) is 0. The van der Waals surface area contributed by atoms with Gasteiger partial charge in [-0.25, -0.2) is 4.39 Å². The van der Waals surface area contributed by atoms with Crippen molar-refractivity contribution in [2.24, 2.45) is 0 Å². The van der Waals surface area contributed by atoms with Gasteiger partial charge in [0, 0.05) is 31.1 Å². The van der Waals surface area contributed by atoms with Gasteiger partial charge >= 0.3 is 0 Å². The molecule has 2 N–H and O–H groups in total. The van der Waals surface area contributed by atoms with Crippen molar-refractivity contribution in [1.82, 2.24) is 10.6 Å². The van der Waals surface area contributed by atoms with Crippen molar-refractivity contribution in [3.8, 4) is 0 Å². The first-order valence-electron chi connectivity index (χ1n) is 10.1. The maximum Gasteiger partial charge on any atom is 0.123 e. The molecule has 1 heterocycles. The van der Waals surface area contributed by atoms with Crippen LogP contribution in [0.15, 0.2) is 84.9 Å². The van der Waals surface area contributed by atoms with Crippen molar-refractivity contribution in [3.63, 3.8) is 0 Å². The molecule has 0 bridgehead atoms. The standard InChI is InChI=1S/C25H27FN2/c26-22-13-11-19(12-14-22)17-27-23-15-16-24(28-18-23)25(20-7-3-1-4-8-20)21-9-5-2-6-10-21/h1-14,23-25,27-28H,15-18H2/t23-,24-/m0/s1. The average Bonchev–Trinajstić information content (AvgIpc) is 2.76. The molecule has 0 saturated carbocycles. The van der Waals surface area contributed by atoms with Gasteiger partial charge in [-0.1, -0.05) is 72.8 Å². The highest BCUT2D eigenvalue weighted by Gasteiger charge is 2.29. The molecule has 144 valence electrons. The largest absolute Gasteiger partial charge is 0.311 e. The Bertz CT molecular complexity index is 801. The van der Waals surface area contributed by atoms with Gasteiger partial charge in [-0.05, 0) is 41.7 Å². The molecule has 0 unspecified atom stereocenters. The third kappa shape index (κ3) is 4.67. The van der Waals surface area contributed by atoms with Crippen LogP contribution in [0, 0.1) is 5.82 Å². The third-order valence-corrected chi connectivity index (χ3v) is 5.68. The van der Waals surface area contributed by atoms with Crippen LogP contribution in [0.25, 0.3) is 0 Å². The van der Waals surface area contributed by atoms with Crippen LogP contribution in [0.3, 0.4) is 0 Å². The highest BCUT2D eigenvalue weighted by molar-refractivity contribution is 5.34. The molecule has 3 aromatic carbocycles. The fraction of sp³-hybridized carbons (Fsp3) is 0.280. The van der Waals surface area contributed by atoms with E-state index in [1.807, 2.05) is 12.1 Å². The van der Waals surface area contributed by atoms with Gasteiger partial charge in [0.25, 0.3) is 0 Å². The van der Waals surface area contributed by atoms with Crippen molar-refractivity contribution in [2.75, 3.05) is 6.54 Å². The molecule has 4 rings (SSSR count). The predicted octanol–water partition coefficient (Wildman–Crippen LogP) is 4.87. The summed E-state index contributed by atoms with van der Waals surface area (Å²) in [5.74, 6) is 0.180. The summed E-state index contributed by atoms with van der Waals surface area (Å²) in [5, 5.41) is 7.40. The SMILES string of the molecule is Fc1ccc(CN[C@H]2CC[C@@H](C(c3ccccc3)c3ccccc3)NC2)cc1. The molecular formula is C25H27FN2. The van der Waals surface area contributed by atoms with E-state index in [1.165, 1.54) is 23.3 Å². The Labute approximate surface area is 166 Å². The van der Waals surface area contributed by atoms with E-state index in [1.54, 1.807) is 0 Å². The van der Waals surface area contributed by atoms with Crippen LogP contribution in [-0.4, -0.2) is 18.6 Å². The quantitative estimate of drug-likeness (QED) is 0.643. The summed E-state index contributed by atoms with van der Waals surface area (Å²) in [6.45, 7) is 1.72. The lowest BCUT2D eigenvalue weighted by Gasteiger charge is -2.36. The Kier molecular flexibility index (Phi) is 6.15. The summed E-state index contributed by atoms with van der Waals surface area (Å²) in [6.07, 6.45) is 2.25. The van der Waals surface area contributed by atoms with Crippen LogP contribution < -0.4 is 10.6 Å². The van der Waals surface area contributed by atoms with Gasteiger partial charge in [0.2, 0.25) is 0 Å². The second kappa shape index (κ2) is 9.13. The molecule has 28 heavy (non-hydrogen) atoms. The van der Waals surface area contributed by atoms with Gasteiger partial charge in [-0.15, -0.1) is 0 Å². The minimum Gasteiger partial charge on any atom is -0.311 e. The van der Waals surface area contributed by atoms with Crippen molar-refractivity contribution in [2.45, 2.75) is 37.4 Å². The molecule has 1 aliphatic heterocycles. The summed E-state index contributed by atoms with van der Waals surface area (Å²) in [7, 11) is 0. The molecule has 3 aromatic rings. The Hall–Kier alpha value is -2.49. The fourth-order valence-corrected chi connectivity index (χ4v) is 4.18. The third-order valence-electron chi connectivity index (χ3n) is 5.68. The maximum absolute atomic E-state index is 13.0.